The molecule has 5 heteroatoms. The molecule has 0 aliphatic heterocycles. The number of nitrogens with zero attached hydrogens (tertiary/aromatic N) is 1. The van der Waals surface area contributed by atoms with Gasteiger partial charge < -0.3 is 15.8 Å². The number of nitrogen functional groups attached to an aromatic ring is 1. The van der Waals surface area contributed by atoms with E-state index in [1.807, 2.05) is 25.1 Å². The zero-order chi connectivity index (χ0) is 13.1. The van der Waals surface area contributed by atoms with E-state index in [-0.39, 0.29) is 0 Å². The van der Waals surface area contributed by atoms with Crippen molar-refractivity contribution in [3.63, 3.8) is 0 Å². The van der Waals surface area contributed by atoms with Crippen LogP contribution < -0.4 is 15.8 Å². The minimum atomic E-state index is 0.365. The third kappa shape index (κ3) is 2.84. The zero-order valence-corrected chi connectivity index (χ0v) is 11.0. The number of nitrogens with one attached hydrogen (secondary N) is 1. The van der Waals surface area contributed by atoms with Crippen LogP contribution in [0.3, 0.4) is 0 Å². The maximum absolute atomic E-state index is 5.85. The standard InChI is InChI=1S/C13H14ClN3O/c1-8-5-10(18-2)3-4-11(8)16-13-7-9(15)6-12(14)17-13/h3-7H,1-2H3,(H3,15,16,17). The van der Waals surface area contributed by atoms with Crippen molar-refractivity contribution in [2.24, 2.45) is 0 Å². The van der Waals surface area contributed by atoms with Gasteiger partial charge in [-0.2, -0.15) is 0 Å². The van der Waals surface area contributed by atoms with Crippen LogP contribution in [0.1, 0.15) is 5.56 Å². The fraction of sp³-hybridized carbons (Fsp3) is 0.154. The van der Waals surface area contributed by atoms with Crippen LogP contribution in [0.4, 0.5) is 17.2 Å². The second-order valence-electron chi connectivity index (χ2n) is 3.91. The Labute approximate surface area is 111 Å². The van der Waals surface area contributed by atoms with Crippen LogP contribution in [0.25, 0.3) is 0 Å². The van der Waals surface area contributed by atoms with Crippen molar-refractivity contribution in [3.8, 4) is 5.75 Å². The molecule has 1 aromatic heterocycles. The number of methoxy groups -OCH3 is 1. The number of halogens is 1. The maximum Gasteiger partial charge on any atom is 0.134 e. The van der Waals surface area contributed by atoms with E-state index in [0.29, 0.717) is 16.7 Å². The highest BCUT2D eigenvalue weighted by atomic mass is 35.5. The lowest BCUT2D eigenvalue weighted by Crippen LogP contribution is -1.98. The molecule has 2 aromatic rings. The quantitative estimate of drug-likeness (QED) is 0.834. The molecule has 3 N–H and O–H groups in total. The molecule has 0 amide bonds. The zero-order valence-electron chi connectivity index (χ0n) is 10.2. The van der Waals surface area contributed by atoms with Crippen molar-refractivity contribution in [2.45, 2.75) is 6.92 Å². The summed E-state index contributed by atoms with van der Waals surface area (Å²) in [5, 5.41) is 3.54. The largest absolute Gasteiger partial charge is 0.497 e. The van der Waals surface area contributed by atoms with E-state index >= 15 is 0 Å². The summed E-state index contributed by atoms with van der Waals surface area (Å²) in [4.78, 5) is 4.16. The van der Waals surface area contributed by atoms with Gasteiger partial charge in [0.15, 0.2) is 0 Å². The summed E-state index contributed by atoms with van der Waals surface area (Å²) >= 11 is 5.85. The smallest absolute Gasteiger partial charge is 0.134 e. The topological polar surface area (TPSA) is 60.2 Å². The summed E-state index contributed by atoms with van der Waals surface area (Å²) in [6.45, 7) is 1.98. The first-order valence-corrected chi connectivity index (χ1v) is 5.81. The summed E-state index contributed by atoms with van der Waals surface area (Å²) in [6, 6.07) is 9.08. The number of aryl methyl sites for hydroxylation is 1. The Morgan fingerprint density at radius 3 is 2.67 bits per heavy atom. The van der Waals surface area contributed by atoms with Crippen LogP contribution in [0, 0.1) is 6.92 Å². The number of rotatable bonds is 3. The molecule has 0 saturated heterocycles. The first-order valence-electron chi connectivity index (χ1n) is 5.43. The van der Waals surface area contributed by atoms with Crippen LogP contribution in [-0.4, -0.2) is 12.1 Å². The van der Waals surface area contributed by atoms with E-state index in [2.05, 4.69) is 10.3 Å². The molecule has 0 saturated carbocycles. The Morgan fingerprint density at radius 1 is 1.28 bits per heavy atom. The van der Waals surface area contributed by atoms with E-state index in [9.17, 15) is 0 Å². The first-order chi connectivity index (χ1) is 8.58. The molecule has 18 heavy (non-hydrogen) atoms. The van der Waals surface area contributed by atoms with E-state index in [0.717, 1.165) is 17.0 Å². The normalized spacial score (nSPS) is 10.2. The number of anilines is 3. The van der Waals surface area contributed by atoms with Gasteiger partial charge in [-0.25, -0.2) is 4.98 Å². The summed E-state index contributed by atoms with van der Waals surface area (Å²) in [6.07, 6.45) is 0. The Hall–Kier alpha value is -1.94. The van der Waals surface area contributed by atoms with Crippen LogP contribution in [0.5, 0.6) is 5.75 Å². The fourth-order valence-electron chi connectivity index (χ4n) is 1.62. The minimum Gasteiger partial charge on any atom is -0.497 e. The summed E-state index contributed by atoms with van der Waals surface area (Å²) in [5.74, 6) is 1.44. The highest BCUT2D eigenvalue weighted by Crippen LogP contribution is 2.25. The molecule has 1 aromatic carbocycles. The van der Waals surface area contributed by atoms with Gasteiger partial charge in [0, 0.05) is 17.4 Å². The molecule has 0 aliphatic carbocycles. The molecule has 94 valence electrons. The molecule has 2 rings (SSSR count). The number of aromatic nitrogens is 1. The average Bonchev–Trinajstić information content (AvgIpc) is 2.30. The monoisotopic (exact) mass is 263 g/mol. The van der Waals surface area contributed by atoms with Crippen LogP contribution >= 0.6 is 11.6 Å². The van der Waals surface area contributed by atoms with E-state index in [1.54, 1.807) is 19.2 Å². The van der Waals surface area contributed by atoms with Crippen molar-refractivity contribution in [1.29, 1.82) is 0 Å². The molecule has 0 aliphatic rings. The van der Waals surface area contributed by atoms with Gasteiger partial charge in [0.05, 0.1) is 7.11 Å². The van der Waals surface area contributed by atoms with Gasteiger partial charge in [0.25, 0.3) is 0 Å². The average molecular weight is 264 g/mol. The van der Waals surface area contributed by atoms with Crippen LogP contribution in [-0.2, 0) is 0 Å². The molecule has 0 spiro atoms. The molecule has 0 fully saturated rings. The highest BCUT2D eigenvalue weighted by molar-refractivity contribution is 6.29. The molecular weight excluding hydrogens is 250 g/mol. The van der Waals surface area contributed by atoms with Crippen molar-refractivity contribution in [3.05, 3.63) is 41.0 Å². The minimum absolute atomic E-state index is 0.365. The SMILES string of the molecule is COc1ccc(Nc2cc(N)cc(Cl)n2)c(C)c1. The highest BCUT2D eigenvalue weighted by Gasteiger charge is 2.03. The lowest BCUT2D eigenvalue weighted by atomic mass is 10.2. The van der Waals surface area contributed by atoms with Crippen molar-refractivity contribution >= 4 is 28.8 Å². The number of pyridine rings is 1. The van der Waals surface area contributed by atoms with Gasteiger partial charge in [-0.15, -0.1) is 0 Å². The lowest BCUT2D eigenvalue weighted by molar-refractivity contribution is 0.414. The fourth-order valence-corrected chi connectivity index (χ4v) is 1.84. The second kappa shape index (κ2) is 5.14. The predicted octanol–water partition coefficient (Wildman–Crippen LogP) is 3.38. The van der Waals surface area contributed by atoms with Crippen LogP contribution in [0.2, 0.25) is 5.15 Å². The second-order valence-corrected chi connectivity index (χ2v) is 4.30. The Bertz CT molecular complexity index is 552. The Balaban J connectivity index is 2.28. The molecule has 0 atom stereocenters. The molecule has 1 heterocycles. The van der Waals surface area contributed by atoms with Gasteiger partial charge in [-0.1, -0.05) is 11.6 Å². The van der Waals surface area contributed by atoms with Gasteiger partial charge >= 0.3 is 0 Å². The summed E-state index contributed by atoms with van der Waals surface area (Å²) in [7, 11) is 1.64. The molecule has 0 bridgehead atoms. The van der Waals surface area contributed by atoms with E-state index in [4.69, 9.17) is 22.1 Å². The molecule has 0 unspecified atom stereocenters. The Morgan fingerprint density at radius 2 is 2.06 bits per heavy atom. The molecule has 4 nitrogen and oxygen atoms in total. The lowest BCUT2D eigenvalue weighted by Gasteiger charge is -2.11. The van der Waals surface area contributed by atoms with Gasteiger partial charge in [0.1, 0.15) is 16.7 Å². The van der Waals surface area contributed by atoms with Crippen molar-refractivity contribution in [1.82, 2.24) is 4.98 Å². The van der Waals surface area contributed by atoms with Gasteiger partial charge in [0.2, 0.25) is 0 Å². The van der Waals surface area contributed by atoms with Gasteiger partial charge in [-0.05, 0) is 36.8 Å². The molecular formula is C13H14ClN3O. The van der Waals surface area contributed by atoms with Crippen molar-refractivity contribution in [2.75, 3.05) is 18.2 Å². The molecule has 0 radical (unpaired) electrons. The van der Waals surface area contributed by atoms with E-state index in [1.165, 1.54) is 0 Å². The number of ether oxygens (including phenoxy) is 1. The summed E-state index contributed by atoms with van der Waals surface area (Å²) in [5.41, 5.74) is 8.27. The number of hydrogen-bond acceptors (Lipinski definition) is 4. The first kappa shape index (κ1) is 12.5. The van der Waals surface area contributed by atoms with Gasteiger partial charge in [-0.3, -0.25) is 0 Å². The van der Waals surface area contributed by atoms with E-state index < -0.39 is 0 Å². The number of hydrogen-bond donors (Lipinski definition) is 2. The summed E-state index contributed by atoms with van der Waals surface area (Å²) < 4.78 is 5.15. The number of nitrogens with two attached hydrogens (primary N) is 1. The predicted molar refractivity (Wildman–Crippen MR) is 74.7 cm³/mol. The third-order valence-electron chi connectivity index (χ3n) is 2.51. The van der Waals surface area contributed by atoms with Crippen LogP contribution in [0.15, 0.2) is 30.3 Å². The maximum atomic E-state index is 5.85. The van der Waals surface area contributed by atoms with Crippen molar-refractivity contribution < 1.29 is 4.74 Å². The number of benzene rings is 1. The Kier molecular flexibility index (Phi) is 3.58. The third-order valence-corrected chi connectivity index (χ3v) is 2.71.